The molecule has 0 atom stereocenters. The van der Waals surface area contributed by atoms with Crippen LogP contribution < -0.4 is 10.2 Å². The van der Waals surface area contributed by atoms with Gasteiger partial charge in [-0.2, -0.15) is 16.1 Å². The number of carbonyl (C=O) groups is 1. The van der Waals surface area contributed by atoms with Crippen LogP contribution in [0.4, 0.5) is 5.69 Å². The monoisotopic (exact) mass is 451 g/mol. The highest BCUT2D eigenvalue weighted by atomic mass is 32.2. The molecular weight excluding hydrogens is 426 g/mol. The van der Waals surface area contributed by atoms with Gasteiger partial charge in [0.2, 0.25) is 10.0 Å². The molecular formula is C20H25N3O3S3. The third-order valence-electron chi connectivity index (χ3n) is 5.30. The molecule has 1 aromatic carbocycles. The lowest BCUT2D eigenvalue weighted by molar-refractivity contribution is 0.0952. The molecule has 4 rings (SSSR count). The van der Waals surface area contributed by atoms with E-state index < -0.39 is 10.0 Å². The smallest absolute Gasteiger partial charge is 0.263 e. The van der Waals surface area contributed by atoms with E-state index in [1.807, 2.05) is 18.2 Å². The lowest BCUT2D eigenvalue weighted by Crippen LogP contribution is -2.38. The number of nitrogens with zero attached hydrogens (tertiary/aromatic N) is 2. The summed E-state index contributed by atoms with van der Waals surface area (Å²) in [5.41, 5.74) is 2.20. The number of thioether (sulfide) groups is 1. The highest BCUT2D eigenvalue weighted by Crippen LogP contribution is 2.28. The van der Waals surface area contributed by atoms with Gasteiger partial charge in [0.05, 0.1) is 0 Å². The molecule has 0 bridgehead atoms. The fourth-order valence-electron chi connectivity index (χ4n) is 3.77. The van der Waals surface area contributed by atoms with E-state index in [2.05, 4.69) is 16.3 Å². The molecule has 2 aromatic rings. The van der Waals surface area contributed by atoms with Crippen molar-refractivity contribution in [2.45, 2.75) is 24.3 Å². The fourth-order valence-corrected chi connectivity index (χ4v) is 7.67. The second-order valence-electron chi connectivity index (χ2n) is 7.14. The van der Waals surface area contributed by atoms with Crippen LogP contribution in [0.5, 0.6) is 0 Å². The Morgan fingerprint density at radius 3 is 2.52 bits per heavy atom. The van der Waals surface area contributed by atoms with E-state index in [1.165, 1.54) is 28.5 Å². The maximum Gasteiger partial charge on any atom is 0.263 e. The Balaban J connectivity index is 1.49. The van der Waals surface area contributed by atoms with Gasteiger partial charge in [-0.25, -0.2) is 8.42 Å². The lowest BCUT2D eigenvalue weighted by Gasteiger charge is -2.25. The molecule has 1 aromatic heterocycles. The van der Waals surface area contributed by atoms with E-state index in [9.17, 15) is 13.2 Å². The van der Waals surface area contributed by atoms with Crippen LogP contribution in [0.25, 0.3) is 0 Å². The second kappa shape index (κ2) is 9.07. The van der Waals surface area contributed by atoms with Crippen LogP contribution in [-0.2, 0) is 16.6 Å². The van der Waals surface area contributed by atoms with Crippen molar-refractivity contribution >= 4 is 44.7 Å². The topological polar surface area (TPSA) is 69.7 Å². The first-order valence-corrected chi connectivity index (χ1v) is 13.3. The molecule has 0 saturated carbocycles. The summed E-state index contributed by atoms with van der Waals surface area (Å²) in [5, 5.41) is 4.62. The first-order chi connectivity index (χ1) is 14.1. The van der Waals surface area contributed by atoms with Gasteiger partial charge in [0, 0.05) is 49.9 Å². The number of anilines is 1. The van der Waals surface area contributed by atoms with Gasteiger partial charge in [-0.1, -0.05) is 18.2 Å². The van der Waals surface area contributed by atoms with Crippen LogP contribution in [0, 0.1) is 0 Å². The third kappa shape index (κ3) is 4.47. The van der Waals surface area contributed by atoms with Crippen LogP contribution in [0.2, 0.25) is 0 Å². The van der Waals surface area contributed by atoms with Crippen LogP contribution in [0.15, 0.2) is 40.6 Å². The van der Waals surface area contributed by atoms with Crippen molar-refractivity contribution in [1.29, 1.82) is 0 Å². The van der Waals surface area contributed by atoms with E-state index in [4.69, 9.17) is 0 Å². The van der Waals surface area contributed by atoms with Crippen molar-refractivity contribution in [2.75, 3.05) is 42.6 Å². The van der Waals surface area contributed by atoms with Gasteiger partial charge in [-0.05, 0) is 35.9 Å². The molecule has 2 fully saturated rings. The number of benzene rings is 1. The van der Waals surface area contributed by atoms with Gasteiger partial charge >= 0.3 is 0 Å². The number of amides is 1. The van der Waals surface area contributed by atoms with Crippen molar-refractivity contribution in [2.24, 2.45) is 0 Å². The minimum atomic E-state index is -3.64. The summed E-state index contributed by atoms with van der Waals surface area (Å²) in [5.74, 6) is 1.25. The largest absolute Gasteiger partial charge is 0.371 e. The average molecular weight is 452 g/mol. The molecule has 0 spiro atoms. The zero-order chi connectivity index (χ0) is 20.3. The highest BCUT2D eigenvalue weighted by molar-refractivity contribution is 7.99. The molecule has 9 heteroatoms. The zero-order valence-corrected chi connectivity index (χ0v) is 18.6. The molecule has 0 radical (unpaired) electrons. The number of para-hydroxylation sites is 1. The second-order valence-corrected chi connectivity index (χ2v) is 11.2. The summed E-state index contributed by atoms with van der Waals surface area (Å²) in [6, 6.07) is 9.64. The molecule has 2 aliphatic rings. The van der Waals surface area contributed by atoms with Crippen molar-refractivity contribution in [3.05, 3.63) is 46.2 Å². The maximum absolute atomic E-state index is 13.0. The van der Waals surface area contributed by atoms with Gasteiger partial charge in [0.1, 0.15) is 9.77 Å². The maximum atomic E-state index is 13.0. The van der Waals surface area contributed by atoms with Crippen LogP contribution >= 0.6 is 23.1 Å². The molecule has 2 saturated heterocycles. The number of sulfonamides is 1. The van der Waals surface area contributed by atoms with Crippen LogP contribution in [0.3, 0.4) is 0 Å². The quantitative estimate of drug-likeness (QED) is 0.731. The van der Waals surface area contributed by atoms with Gasteiger partial charge in [0.25, 0.3) is 5.91 Å². The number of nitrogens with one attached hydrogen (secondary N) is 1. The van der Waals surface area contributed by atoms with Crippen molar-refractivity contribution in [1.82, 2.24) is 9.62 Å². The van der Waals surface area contributed by atoms with Gasteiger partial charge in [-0.15, -0.1) is 11.3 Å². The minimum absolute atomic E-state index is 0.125. The van der Waals surface area contributed by atoms with Crippen LogP contribution in [-0.4, -0.2) is 56.3 Å². The Kier molecular flexibility index (Phi) is 6.48. The van der Waals surface area contributed by atoms with Gasteiger partial charge in [0.15, 0.2) is 0 Å². The summed E-state index contributed by atoms with van der Waals surface area (Å²) in [6.45, 7) is 3.43. The summed E-state index contributed by atoms with van der Waals surface area (Å²) in [6.07, 6.45) is 2.37. The molecule has 1 N–H and O–H groups in total. The predicted molar refractivity (Wildman–Crippen MR) is 119 cm³/mol. The zero-order valence-electron chi connectivity index (χ0n) is 16.2. The molecule has 6 nitrogen and oxygen atoms in total. The van der Waals surface area contributed by atoms with E-state index >= 15 is 0 Å². The van der Waals surface area contributed by atoms with E-state index in [1.54, 1.807) is 23.2 Å². The van der Waals surface area contributed by atoms with Gasteiger partial charge < -0.3 is 10.2 Å². The lowest BCUT2D eigenvalue weighted by atomic mass is 10.1. The van der Waals surface area contributed by atoms with E-state index in [0.717, 1.165) is 35.8 Å². The van der Waals surface area contributed by atoms with Crippen molar-refractivity contribution < 1.29 is 13.2 Å². The fraction of sp³-hybridized carbons (Fsp3) is 0.450. The number of thiophene rings is 1. The normalized spacial score (nSPS) is 18.1. The molecule has 3 heterocycles. The van der Waals surface area contributed by atoms with E-state index in [0.29, 0.717) is 19.6 Å². The van der Waals surface area contributed by atoms with Crippen molar-refractivity contribution in [3.8, 4) is 0 Å². The summed E-state index contributed by atoms with van der Waals surface area (Å²) in [7, 11) is -3.64. The highest BCUT2D eigenvalue weighted by Gasteiger charge is 2.31. The Morgan fingerprint density at radius 2 is 1.76 bits per heavy atom. The first-order valence-electron chi connectivity index (χ1n) is 9.84. The van der Waals surface area contributed by atoms with Crippen LogP contribution in [0.1, 0.15) is 28.1 Å². The number of hydrogen-bond acceptors (Lipinski definition) is 6. The first kappa shape index (κ1) is 20.7. The predicted octanol–water partition coefficient (Wildman–Crippen LogP) is 3.02. The Hall–Kier alpha value is -1.55. The summed E-state index contributed by atoms with van der Waals surface area (Å²) >= 11 is 2.93. The molecule has 2 aliphatic heterocycles. The Bertz CT molecular complexity index is 962. The SMILES string of the molecule is O=C(NCc1ccccc1N1CCCC1)c1sccc1S(=O)(=O)N1CCSCC1. The Labute approximate surface area is 180 Å². The Morgan fingerprint density at radius 1 is 1.03 bits per heavy atom. The third-order valence-corrected chi connectivity index (χ3v) is 9.23. The molecule has 29 heavy (non-hydrogen) atoms. The molecule has 0 unspecified atom stereocenters. The number of rotatable bonds is 6. The van der Waals surface area contributed by atoms with E-state index in [-0.39, 0.29) is 15.7 Å². The summed E-state index contributed by atoms with van der Waals surface area (Å²) < 4.78 is 27.5. The molecule has 156 valence electrons. The molecule has 0 aliphatic carbocycles. The standard InChI is InChI=1S/C20H25N3O3S3/c24-20(21-15-16-5-1-2-6-17(16)22-8-3-4-9-22)19-18(7-12-28-19)29(25,26)23-10-13-27-14-11-23/h1-2,5-7,12H,3-4,8-11,13-15H2,(H,21,24). The number of hydrogen-bond donors (Lipinski definition) is 1. The van der Waals surface area contributed by atoms with Crippen molar-refractivity contribution in [3.63, 3.8) is 0 Å². The molecule has 1 amide bonds. The van der Waals surface area contributed by atoms with Gasteiger partial charge in [-0.3, -0.25) is 4.79 Å². The summed E-state index contributed by atoms with van der Waals surface area (Å²) in [4.78, 5) is 15.6. The average Bonchev–Trinajstić information content (AvgIpc) is 3.45. The number of carbonyl (C=O) groups excluding carboxylic acids is 1. The minimum Gasteiger partial charge on any atom is -0.371 e.